The summed E-state index contributed by atoms with van der Waals surface area (Å²) >= 11 is 0. The monoisotopic (exact) mass is 233 g/mol. The first-order chi connectivity index (χ1) is 7.88. The van der Waals surface area contributed by atoms with E-state index < -0.39 is 5.97 Å². The Morgan fingerprint density at radius 1 is 1.41 bits per heavy atom. The molecule has 0 aliphatic rings. The van der Waals surface area contributed by atoms with Crippen LogP contribution in [0.15, 0.2) is 18.6 Å². The Labute approximate surface area is 99.1 Å². The largest absolute Gasteiger partial charge is 0.481 e. The molecule has 2 rings (SSSR count). The molecule has 0 saturated heterocycles. The molecule has 1 N–H and O–H groups in total. The van der Waals surface area contributed by atoms with Gasteiger partial charge in [-0.25, -0.2) is 9.50 Å². The fourth-order valence-corrected chi connectivity index (χ4v) is 1.60. The van der Waals surface area contributed by atoms with Crippen molar-refractivity contribution in [1.82, 2.24) is 14.6 Å². The van der Waals surface area contributed by atoms with E-state index in [2.05, 4.69) is 30.9 Å². The molecule has 2 aromatic heterocycles. The Balaban J connectivity index is 2.48. The first kappa shape index (κ1) is 11.6. The van der Waals surface area contributed by atoms with Crippen LogP contribution >= 0.6 is 0 Å². The van der Waals surface area contributed by atoms with Crippen molar-refractivity contribution in [2.75, 3.05) is 0 Å². The number of aliphatic carboxylic acids is 1. The van der Waals surface area contributed by atoms with Crippen LogP contribution in [0.3, 0.4) is 0 Å². The molecule has 90 valence electrons. The van der Waals surface area contributed by atoms with Crippen molar-refractivity contribution in [3.05, 3.63) is 29.7 Å². The van der Waals surface area contributed by atoms with Crippen LogP contribution < -0.4 is 0 Å². The quantitative estimate of drug-likeness (QED) is 0.856. The van der Waals surface area contributed by atoms with Gasteiger partial charge in [0.15, 0.2) is 5.65 Å². The van der Waals surface area contributed by atoms with Gasteiger partial charge in [0.1, 0.15) is 0 Å². The lowest BCUT2D eigenvalue weighted by Crippen LogP contribution is -2.13. The Morgan fingerprint density at radius 2 is 2.12 bits per heavy atom. The number of aromatic nitrogens is 3. The molecule has 0 spiro atoms. The zero-order chi connectivity index (χ0) is 12.6. The second-order valence-corrected chi connectivity index (χ2v) is 5.10. The molecular weight excluding hydrogens is 218 g/mol. The topological polar surface area (TPSA) is 67.5 Å². The minimum absolute atomic E-state index is 0.000101. The van der Waals surface area contributed by atoms with E-state index in [0.717, 1.165) is 5.56 Å². The van der Waals surface area contributed by atoms with E-state index >= 15 is 0 Å². The summed E-state index contributed by atoms with van der Waals surface area (Å²) in [5.74, 6) is -0.874. The lowest BCUT2D eigenvalue weighted by Gasteiger charge is -2.17. The van der Waals surface area contributed by atoms with Crippen LogP contribution in [0.4, 0.5) is 0 Å². The number of nitrogens with zero attached hydrogens (tertiary/aromatic N) is 3. The molecule has 0 radical (unpaired) electrons. The van der Waals surface area contributed by atoms with Crippen LogP contribution in [0.2, 0.25) is 0 Å². The third-order valence-corrected chi connectivity index (χ3v) is 2.64. The van der Waals surface area contributed by atoms with Gasteiger partial charge in [-0.15, -0.1) is 0 Å². The summed E-state index contributed by atoms with van der Waals surface area (Å²) in [6, 6.07) is 0. The predicted octanol–water partition coefficient (Wildman–Crippen LogP) is 1.65. The van der Waals surface area contributed by atoms with Crippen molar-refractivity contribution >= 4 is 11.6 Å². The van der Waals surface area contributed by atoms with Gasteiger partial charge in [-0.1, -0.05) is 20.8 Å². The number of carboxylic acid groups (broad SMARTS) is 1. The highest BCUT2D eigenvalue weighted by atomic mass is 16.4. The van der Waals surface area contributed by atoms with E-state index in [1.54, 1.807) is 16.9 Å². The summed E-state index contributed by atoms with van der Waals surface area (Å²) in [5.41, 5.74) is 2.31. The third-order valence-electron chi connectivity index (χ3n) is 2.64. The molecule has 0 amide bonds. The van der Waals surface area contributed by atoms with Gasteiger partial charge in [0, 0.05) is 18.0 Å². The van der Waals surface area contributed by atoms with E-state index in [4.69, 9.17) is 5.11 Å². The summed E-state index contributed by atoms with van der Waals surface area (Å²) in [7, 11) is 0. The van der Waals surface area contributed by atoms with Gasteiger partial charge in [-0.05, 0) is 11.0 Å². The summed E-state index contributed by atoms with van der Waals surface area (Å²) in [6.07, 6.45) is 5.18. The molecule has 0 aromatic carbocycles. The standard InChI is InChI=1S/C12H15N3O2/c1-12(2,3)9-6-13-11-8(4-10(16)17)5-14-15(11)7-9/h5-7H,4H2,1-3H3,(H,16,17). The highest BCUT2D eigenvalue weighted by Gasteiger charge is 2.16. The second kappa shape index (κ2) is 3.84. The van der Waals surface area contributed by atoms with Crippen molar-refractivity contribution in [2.45, 2.75) is 32.6 Å². The van der Waals surface area contributed by atoms with Crippen molar-refractivity contribution in [1.29, 1.82) is 0 Å². The summed E-state index contributed by atoms with van der Waals surface area (Å²) in [6.45, 7) is 6.28. The van der Waals surface area contributed by atoms with Gasteiger partial charge in [-0.2, -0.15) is 5.10 Å². The molecule has 5 nitrogen and oxygen atoms in total. The van der Waals surface area contributed by atoms with Crippen molar-refractivity contribution in [2.24, 2.45) is 0 Å². The average molecular weight is 233 g/mol. The van der Waals surface area contributed by atoms with Crippen LogP contribution in [-0.2, 0) is 16.6 Å². The molecule has 0 fully saturated rings. The number of fused-ring (bicyclic) bond motifs is 1. The summed E-state index contributed by atoms with van der Waals surface area (Å²) < 4.78 is 1.64. The maximum absolute atomic E-state index is 10.7. The molecule has 0 aliphatic heterocycles. The van der Waals surface area contributed by atoms with Gasteiger partial charge in [0.2, 0.25) is 0 Å². The van der Waals surface area contributed by atoms with E-state index in [1.165, 1.54) is 0 Å². The lowest BCUT2D eigenvalue weighted by atomic mass is 9.89. The minimum atomic E-state index is -0.874. The molecule has 17 heavy (non-hydrogen) atoms. The van der Waals surface area contributed by atoms with Crippen LogP contribution in [0.25, 0.3) is 5.65 Å². The average Bonchev–Trinajstić information content (AvgIpc) is 2.59. The second-order valence-electron chi connectivity index (χ2n) is 5.10. The van der Waals surface area contributed by atoms with Gasteiger partial charge >= 0.3 is 5.97 Å². The molecule has 0 saturated carbocycles. The van der Waals surface area contributed by atoms with E-state index in [-0.39, 0.29) is 11.8 Å². The summed E-state index contributed by atoms with van der Waals surface area (Å²) in [4.78, 5) is 15.0. The van der Waals surface area contributed by atoms with Crippen LogP contribution in [0.5, 0.6) is 0 Å². The zero-order valence-electron chi connectivity index (χ0n) is 10.1. The number of hydrogen-bond donors (Lipinski definition) is 1. The minimum Gasteiger partial charge on any atom is -0.481 e. The maximum atomic E-state index is 10.7. The van der Waals surface area contributed by atoms with Crippen LogP contribution in [0.1, 0.15) is 31.9 Å². The van der Waals surface area contributed by atoms with Crippen molar-refractivity contribution in [3.63, 3.8) is 0 Å². The number of rotatable bonds is 2. The van der Waals surface area contributed by atoms with Gasteiger partial charge < -0.3 is 5.11 Å². The predicted molar refractivity (Wildman–Crippen MR) is 63.0 cm³/mol. The fourth-order valence-electron chi connectivity index (χ4n) is 1.60. The molecule has 2 aromatic rings. The maximum Gasteiger partial charge on any atom is 0.308 e. The first-order valence-corrected chi connectivity index (χ1v) is 5.42. The summed E-state index contributed by atoms with van der Waals surface area (Å²) in [5, 5.41) is 12.9. The van der Waals surface area contributed by atoms with Crippen molar-refractivity contribution < 1.29 is 9.90 Å². The number of carbonyl (C=O) groups is 1. The smallest absolute Gasteiger partial charge is 0.308 e. The van der Waals surface area contributed by atoms with Crippen LogP contribution in [-0.4, -0.2) is 25.7 Å². The van der Waals surface area contributed by atoms with Gasteiger partial charge in [0.05, 0.1) is 12.6 Å². The molecule has 5 heteroatoms. The molecule has 0 bridgehead atoms. The van der Waals surface area contributed by atoms with E-state index in [0.29, 0.717) is 11.2 Å². The van der Waals surface area contributed by atoms with E-state index in [9.17, 15) is 4.79 Å². The van der Waals surface area contributed by atoms with Crippen LogP contribution in [0, 0.1) is 0 Å². The highest BCUT2D eigenvalue weighted by Crippen LogP contribution is 2.21. The van der Waals surface area contributed by atoms with Crippen molar-refractivity contribution in [3.8, 4) is 0 Å². The normalized spacial score (nSPS) is 11.9. The highest BCUT2D eigenvalue weighted by molar-refractivity contribution is 5.72. The third kappa shape index (κ3) is 2.27. The number of hydrogen-bond acceptors (Lipinski definition) is 3. The Kier molecular flexibility index (Phi) is 2.61. The molecular formula is C12H15N3O2. The molecule has 0 unspecified atom stereocenters. The molecule has 0 atom stereocenters. The molecule has 0 aliphatic carbocycles. The van der Waals surface area contributed by atoms with E-state index in [1.807, 2.05) is 6.20 Å². The van der Waals surface area contributed by atoms with Gasteiger partial charge in [0.25, 0.3) is 0 Å². The SMILES string of the molecule is CC(C)(C)c1cnc2c(CC(=O)O)cnn2c1. The Hall–Kier alpha value is -1.91. The lowest BCUT2D eigenvalue weighted by molar-refractivity contribution is -0.136. The van der Waals surface area contributed by atoms with Gasteiger partial charge in [-0.3, -0.25) is 4.79 Å². The zero-order valence-corrected chi connectivity index (χ0v) is 10.1. The first-order valence-electron chi connectivity index (χ1n) is 5.42. The number of carboxylic acids is 1. The fraction of sp³-hybridized carbons (Fsp3) is 0.417. The Bertz CT molecular complexity index is 567. The Morgan fingerprint density at radius 3 is 2.71 bits per heavy atom. The molecule has 2 heterocycles.